The van der Waals surface area contributed by atoms with Crippen molar-refractivity contribution in [3.8, 4) is 0 Å². The fraction of sp³-hybridized carbons (Fsp3) is 0.471. The Balaban J connectivity index is 1.50. The van der Waals surface area contributed by atoms with Crippen LogP contribution in [0.1, 0.15) is 12.7 Å². The third-order valence-corrected chi connectivity index (χ3v) is 4.55. The van der Waals surface area contributed by atoms with E-state index in [1.54, 1.807) is 17.1 Å². The molecule has 0 spiro atoms. The number of nitrogens with zero attached hydrogens (tertiary/aromatic N) is 6. The van der Waals surface area contributed by atoms with Gasteiger partial charge in [0.15, 0.2) is 0 Å². The Morgan fingerprint density at radius 3 is 3.08 bits per heavy atom. The maximum absolute atomic E-state index is 13.5. The van der Waals surface area contributed by atoms with Crippen LogP contribution < -0.4 is 0 Å². The lowest BCUT2D eigenvalue weighted by Crippen LogP contribution is -2.44. The van der Waals surface area contributed by atoms with E-state index in [0.29, 0.717) is 18.7 Å². The Bertz CT molecular complexity index is 846. The molecule has 0 amide bonds. The molecule has 0 N–H and O–H groups in total. The van der Waals surface area contributed by atoms with Gasteiger partial charge in [0.05, 0.1) is 36.8 Å². The zero-order valence-electron chi connectivity index (χ0n) is 14.2. The van der Waals surface area contributed by atoms with E-state index in [-0.39, 0.29) is 11.9 Å². The van der Waals surface area contributed by atoms with E-state index in [2.05, 4.69) is 31.5 Å². The zero-order valence-corrected chi connectivity index (χ0v) is 14.2. The van der Waals surface area contributed by atoms with E-state index >= 15 is 0 Å². The van der Waals surface area contributed by atoms with Gasteiger partial charge in [-0.3, -0.25) is 9.58 Å². The minimum Gasteiger partial charge on any atom is -0.374 e. The van der Waals surface area contributed by atoms with Gasteiger partial charge in [0.1, 0.15) is 24.3 Å². The number of halogens is 1. The van der Waals surface area contributed by atoms with Crippen LogP contribution in [0, 0.1) is 5.82 Å². The van der Waals surface area contributed by atoms with Gasteiger partial charge in [-0.15, -0.1) is 0 Å². The Hall–Kier alpha value is -2.32. The van der Waals surface area contributed by atoms with E-state index in [4.69, 9.17) is 4.74 Å². The van der Waals surface area contributed by atoms with Crippen molar-refractivity contribution in [2.75, 3.05) is 19.7 Å². The Morgan fingerprint density at radius 1 is 1.36 bits per heavy atom. The van der Waals surface area contributed by atoms with Crippen LogP contribution in [0.4, 0.5) is 4.39 Å². The van der Waals surface area contributed by atoms with E-state index in [0.717, 1.165) is 37.5 Å². The number of hydrogen-bond donors (Lipinski definition) is 0. The van der Waals surface area contributed by atoms with Gasteiger partial charge in [0, 0.05) is 25.7 Å². The van der Waals surface area contributed by atoms with Crippen molar-refractivity contribution in [1.29, 1.82) is 0 Å². The Morgan fingerprint density at radius 2 is 2.28 bits per heavy atom. The number of benzene rings is 1. The van der Waals surface area contributed by atoms with Crippen molar-refractivity contribution in [3.05, 3.63) is 42.5 Å². The molecule has 1 fully saturated rings. The number of aryl methyl sites for hydroxylation is 1. The highest BCUT2D eigenvalue weighted by molar-refractivity contribution is 5.76. The van der Waals surface area contributed by atoms with Crippen molar-refractivity contribution < 1.29 is 9.13 Å². The van der Waals surface area contributed by atoms with Crippen molar-refractivity contribution in [2.45, 2.75) is 32.7 Å². The average Bonchev–Trinajstić information content (AvgIpc) is 3.22. The normalized spacial score (nSPS) is 18.9. The largest absolute Gasteiger partial charge is 0.374 e. The summed E-state index contributed by atoms with van der Waals surface area (Å²) < 4.78 is 23.3. The zero-order chi connectivity index (χ0) is 17.2. The number of ether oxygens (including phenoxy) is 1. The van der Waals surface area contributed by atoms with Gasteiger partial charge in [-0.2, -0.15) is 5.10 Å². The molecule has 1 saturated heterocycles. The lowest BCUT2D eigenvalue weighted by Gasteiger charge is -2.32. The van der Waals surface area contributed by atoms with Crippen molar-refractivity contribution in [2.24, 2.45) is 0 Å². The second-order valence-corrected chi connectivity index (χ2v) is 6.25. The smallest absolute Gasteiger partial charge is 0.137 e. The first-order valence-corrected chi connectivity index (χ1v) is 8.54. The summed E-state index contributed by atoms with van der Waals surface area (Å²) in [6.45, 7) is 6.65. The minimum absolute atomic E-state index is 0.0762. The van der Waals surface area contributed by atoms with Crippen LogP contribution in [0.3, 0.4) is 0 Å². The first-order chi connectivity index (χ1) is 12.2. The summed E-state index contributed by atoms with van der Waals surface area (Å²) in [5, 5.41) is 4.14. The molecule has 0 aliphatic carbocycles. The molecular formula is C17H21FN6O. The summed E-state index contributed by atoms with van der Waals surface area (Å²) in [5.74, 6) is 0.712. The van der Waals surface area contributed by atoms with Gasteiger partial charge in [-0.25, -0.2) is 14.4 Å². The van der Waals surface area contributed by atoms with Crippen LogP contribution in [0.5, 0.6) is 0 Å². The standard InChI is InChI=1S/C17H21FN6O/c1-2-24-16-4-3-13(18)7-15(16)21-17(24)10-22-5-6-25-14(8-22)9-23-12-19-11-20-23/h3-4,7,11-12,14H,2,5-6,8-10H2,1H3/t14-/m1/s1. The fourth-order valence-electron chi connectivity index (χ4n) is 3.40. The molecule has 1 aromatic carbocycles. The van der Waals surface area contributed by atoms with Crippen LogP contribution in [0.25, 0.3) is 11.0 Å². The third kappa shape index (κ3) is 3.40. The topological polar surface area (TPSA) is 61.0 Å². The maximum atomic E-state index is 13.5. The van der Waals surface area contributed by atoms with Gasteiger partial charge in [-0.1, -0.05) is 0 Å². The second-order valence-electron chi connectivity index (χ2n) is 6.25. The molecular weight excluding hydrogens is 323 g/mol. The molecule has 0 saturated carbocycles. The van der Waals surface area contributed by atoms with Crippen LogP contribution >= 0.6 is 0 Å². The highest BCUT2D eigenvalue weighted by atomic mass is 19.1. The Kier molecular flexibility index (Phi) is 4.46. The molecule has 3 aromatic rings. The molecule has 1 aliphatic heterocycles. The molecule has 1 aliphatic rings. The molecule has 7 nitrogen and oxygen atoms in total. The predicted molar refractivity (Wildman–Crippen MR) is 90.4 cm³/mol. The maximum Gasteiger partial charge on any atom is 0.137 e. The van der Waals surface area contributed by atoms with E-state index in [1.165, 1.54) is 18.5 Å². The van der Waals surface area contributed by atoms with E-state index < -0.39 is 0 Å². The van der Waals surface area contributed by atoms with Crippen molar-refractivity contribution in [1.82, 2.24) is 29.2 Å². The summed E-state index contributed by atoms with van der Waals surface area (Å²) in [6, 6.07) is 4.79. The molecule has 2 aromatic heterocycles. The molecule has 3 heterocycles. The third-order valence-electron chi connectivity index (χ3n) is 4.55. The predicted octanol–water partition coefficient (Wildman–Crippen LogP) is 1.69. The van der Waals surface area contributed by atoms with Gasteiger partial charge in [0.25, 0.3) is 0 Å². The van der Waals surface area contributed by atoms with Crippen molar-refractivity contribution >= 4 is 11.0 Å². The van der Waals surface area contributed by atoms with Crippen LogP contribution in [0.15, 0.2) is 30.9 Å². The highest BCUT2D eigenvalue weighted by Gasteiger charge is 2.23. The van der Waals surface area contributed by atoms with Gasteiger partial charge in [0.2, 0.25) is 0 Å². The number of imidazole rings is 1. The summed E-state index contributed by atoms with van der Waals surface area (Å²) in [4.78, 5) is 10.9. The van der Waals surface area contributed by atoms with Gasteiger partial charge < -0.3 is 9.30 Å². The summed E-state index contributed by atoms with van der Waals surface area (Å²) in [6.07, 6.45) is 3.31. The molecule has 132 valence electrons. The average molecular weight is 344 g/mol. The molecule has 0 radical (unpaired) electrons. The number of fused-ring (bicyclic) bond motifs is 1. The first-order valence-electron chi connectivity index (χ1n) is 8.54. The van der Waals surface area contributed by atoms with Crippen molar-refractivity contribution in [3.63, 3.8) is 0 Å². The summed E-state index contributed by atoms with van der Waals surface area (Å²) in [5.41, 5.74) is 1.69. The molecule has 0 bridgehead atoms. The number of aromatic nitrogens is 5. The molecule has 1 atom stereocenters. The lowest BCUT2D eigenvalue weighted by molar-refractivity contribution is -0.0411. The monoisotopic (exact) mass is 344 g/mol. The SMILES string of the molecule is CCn1c(CN2CCO[C@@H](Cn3cncn3)C2)nc2cc(F)ccc21. The summed E-state index contributed by atoms with van der Waals surface area (Å²) in [7, 11) is 0. The van der Waals surface area contributed by atoms with Crippen LogP contribution in [-0.4, -0.2) is 55.0 Å². The highest BCUT2D eigenvalue weighted by Crippen LogP contribution is 2.19. The molecule has 25 heavy (non-hydrogen) atoms. The molecule has 0 unspecified atom stereocenters. The summed E-state index contributed by atoms with van der Waals surface area (Å²) >= 11 is 0. The molecule has 4 rings (SSSR count). The van der Waals surface area contributed by atoms with E-state index in [9.17, 15) is 4.39 Å². The quantitative estimate of drug-likeness (QED) is 0.705. The number of morpholine rings is 1. The van der Waals surface area contributed by atoms with Gasteiger partial charge >= 0.3 is 0 Å². The van der Waals surface area contributed by atoms with Gasteiger partial charge in [-0.05, 0) is 19.1 Å². The Labute approximate surface area is 145 Å². The van der Waals surface area contributed by atoms with Crippen LogP contribution in [-0.2, 0) is 24.4 Å². The molecule has 8 heteroatoms. The van der Waals surface area contributed by atoms with E-state index in [1.807, 2.05) is 0 Å². The minimum atomic E-state index is -0.251. The lowest BCUT2D eigenvalue weighted by atomic mass is 10.2. The number of hydrogen-bond acceptors (Lipinski definition) is 5. The first kappa shape index (κ1) is 16.2. The fourth-order valence-corrected chi connectivity index (χ4v) is 3.40. The second kappa shape index (κ2) is 6.89. The van der Waals surface area contributed by atoms with Crippen LogP contribution in [0.2, 0.25) is 0 Å². The number of rotatable bonds is 5.